The Morgan fingerprint density at radius 3 is 2.69 bits per heavy atom. The van der Waals surface area contributed by atoms with Gasteiger partial charge < -0.3 is 25.4 Å². The Hall–Kier alpha value is -2.19. The van der Waals surface area contributed by atoms with E-state index in [2.05, 4.69) is 34.1 Å². The van der Waals surface area contributed by atoms with Crippen LogP contribution in [0.4, 0.5) is 0 Å². The summed E-state index contributed by atoms with van der Waals surface area (Å²) in [6, 6.07) is 14.1. The summed E-state index contributed by atoms with van der Waals surface area (Å²) in [7, 11) is 1.83. The summed E-state index contributed by atoms with van der Waals surface area (Å²) >= 11 is 0. The second-order valence-corrected chi connectivity index (χ2v) is 10.5. The number of aliphatic hydroxyl groups is 1. The molecular weight excluding hydrogens is 440 g/mol. The Labute approximate surface area is 208 Å². The molecule has 5 rings (SSSR count). The number of nitrogens with one attached hydrogen (secondary N) is 3. The second-order valence-electron chi connectivity index (χ2n) is 10.5. The first-order valence-electron chi connectivity index (χ1n) is 13.4. The Bertz CT molecular complexity index is 1010. The van der Waals surface area contributed by atoms with Crippen LogP contribution in [-0.2, 0) is 4.79 Å². The van der Waals surface area contributed by atoms with Crippen molar-refractivity contribution in [3.8, 4) is 5.75 Å². The number of ether oxygens (including phenoxy) is 1. The van der Waals surface area contributed by atoms with Crippen LogP contribution in [0.5, 0.6) is 5.75 Å². The highest BCUT2D eigenvalue weighted by molar-refractivity contribution is 5.88. The van der Waals surface area contributed by atoms with Gasteiger partial charge in [-0.3, -0.25) is 10.1 Å². The molecule has 1 saturated carbocycles. The predicted molar refractivity (Wildman–Crippen MR) is 138 cm³/mol. The molecule has 1 amide bonds. The third-order valence-electron chi connectivity index (χ3n) is 8.39. The van der Waals surface area contributed by atoms with Crippen molar-refractivity contribution in [2.75, 3.05) is 20.1 Å². The number of hydrogen-bond donors (Lipinski definition) is 4. The quantitative estimate of drug-likeness (QED) is 0.435. The van der Waals surface area contributed by atoms with E-state index in [1.807, 2.05) is 43.1 Å². The van der Waals surface area contributed by atoms with Crippen LogP contribution in [0.1, 0.15) is 45.4 Å². The van der Waals surface area contributed by atoms with Crippen LogP contribution in [0, 0.1) is 5.92 Å². The topological polar surface area (TPSA) is 85.9 Å². The number of carbonyl (C=O) groups excluding carboxylic acids is 1. The number of likely N-dealkylation sites (N-methyl/N-ethyl adjacent to an activating group) is 1. The smallest absolute Gasteiger partial charge is 0.240 e. The summed E-state index contributed by atoms with van der Waals surface area (Å²) in [5, 5.41) is 23.0. The Balaban J connectivity index is 1.36. The third kappa shape index (κ3) is 5.05. The summed E-state index contributed by atoms with van der Waals surface area (Å²) in [5.74, 6) is 1.23. The molecule has 2 aromatic carbocycles. The van der Waals surface area contributed by atoms with Crippen LogP contribution in [0.15, 0.2) is 42.5 Å². The first kappa shape index (κ1) is 24.5. The number of amides is 1. The molecule has 1 aliphatic carbocycles. The zero-order chi connectivity index (χ0) is 24.4. The van der Waals surface area contributed by atoms with E-state index in [0.29, 0.717) is 0 Å². The van der Waals surface area contributed by atoms with Crippen LogP contribution in [0.2, 0.25) is 0 Å². The van der Waals surface area contributed by atoms with Crippen molar-refractivity contribution in [1.82, 2.24) is 20.9 Å². The first-order chi connectivity index (χ1) is 17.1. The minimum Gasteiger partial charge on any atom is -0.486 e. The fourth-order valence-electron chi connectivity index (χ4n) is 6.26. The first-order valence-corrected chi connectivity index (χ1v) is 13.4. The van der Waals surface area contributed by atoms with E-state index in [-0.39, 0.29) is 42.1 Å². The third-order valence-corrected chi connectivity index (χ3v) is 8.39. The largest absolute Gasteiger partial charge is 0.486 e. The van der Waals surface area contributed by atoms with Gasteiger partial charge >= 0.3 is 0 Å². The number of fused-ring (bicyclic) bond motifs is 2. The van der Waals surface area contributed by atoms with Crippen LogP contribution in [-0.4, -0.2) is 72.6 Å². The lowest BCUT2D eigenvalue weighted by Crippen LogP contribution is -2.59. The molecule has 2 aromatic rings. The highest BCUT2D eigenvalue weighted by Crippen LogP contribution is 2.34. The van der Waals surface area contributed by atoms with Gasteiger partial charge in [-0.1, -0.05) is 55.7 Å². The predicted octanol–water partition coefficient (Wildman–Crippen LogP) is 2.62. The van der Waals surface area contributed by atoms with Crippen LogP contribution < -0.4 is 20.7 Å². The zero-order valence-corrected chi connectivity index (χ0v) is 21.0. The summed E-state index contributed by atoms with van der Waals surface area (Å²) in [5.41, 5.74) is 0. The van der Waals surface area contributed by atoms with Gasteiger partial charge in [0.2, 0.25) is 5.91 Å². The molecule has 4 N–H and O–H groups in total. The van der Waals surface area contributed by atoms with Crippen LogP contribution in [0.3, 0.4) is 0 Å². The lowest BCUT2D eigenvalue weighted by molar-refractivity contribution is -0.138. The molecule has 7 nitrogen and oxygen atoms in total. The van der Waals surface area contributed by atoms with Crippen molar-refractivity contribution in [3.05, 3.63) is 42.5 Å². The molecule has 0 bridgehead atoms. The van der Waals surface area contributed by atoms with E-state index in [1.165, 1.54) is 6.42 Å². The molecule has 0 radical (unpaired) electrons. The molecule has 0 aromatic heterocycles. The van der Waals surface area contributed by atoms with Crippen molar-refractivity contribution in [1.29, 1.82) is 0 Å². The van der Waals surface area contributed by atoms with Crippen LogP contribution >= 0.6 is 0 Å². The maximum atomic E-state index is 14.1. The van der Waals surface area contributed by atoms with Gasteiger partial charge in [-0.2, -0.15) is 0 Å². The van der Waals surface area contributed by atoms with Crippen molar-refractivity contribution in [2.24, 2.45) is 5.92 Å². The van der Waals surface area contributed by atoms with Gasteiger partial charge in [0.05, 0.1) is 12.1 Å². The number of likely N-dealkylation sites (tertiary alicyclic amines) is 1. The lowest BCUT2D eigenvalue weighted by atomic mass is 9.83. The molecule has 2 heterocycles. The van der Waals surface area contributed by atoms with Gasteiger partial charge in [0, 0.05) is 30.6 Å². The Morgan fingerprint density at radius 1 is 1.11 bits per heavy atom. The number of aliphatic hydroxyl groups excluding tert-OH is 1. The maximum absolute atomic E-state index is 14.1. The van der Waals surface area contributed by atoms with Crippen molar-refractivity contribution in [2.45, 2.75) is 81.9 Å². The number of carbonyl (C=O) groups is 1. The highest BCUT2D eigenvalue weighted by atomic mass is 16.5. The van der Waals surface area contributed by atoms with E-state index in [0.717, 1.165) is 61.7 Å². The monoisotopic (exact) mass is 480 g/mol. The van der Waals surface area contributed by atoms with Gasteiger partial charge in [0.15, 0.2) is 0 Å². The molecule has 190 valence electrons. The second kappa shape index (κ2) is 10.8. The average Bonchev–Trinajstić information content (AvgIpc) is 3.50. The molecule has 7 heteroatoms. The molecule has 3 aliphatic rings. The maximum Gasteiger partial charge on any atom is 0.240 e. The Morgan fingerprint density at radius 2 is 1.89 bits per heavy atom. The number of nitrogens with zero attached hydrogens (tertiary/aromatic N) is 1. The van der Waals surface area contributed by atoms with Gasteiger partial charge in [0.25, 0.3) is 0 Å². The van der Waals surface area contributed by atoms with Gasteiger partial charge in [-0.05, 0) is 50.6 Å². The number of hydrogen-bond acceptors (Lipinski definition) is 6. The lowest BCUT2D eigenvalue weighted by Gasteiger charge is -2.38. The van der Waals surface area contributed by atoms with E-state index >= 15 is 0 Å². The fourth-order valence-corrected chi connectivity index (χ4v) is 6.26. The van der Waals surface area contributed by atoms with Crippen LogP contribution in [0.25, 0.3) is 10.8 Å². The molecule has 35 heavy (non-hydrogen) atoms. The molecule has 2 aliphatic heterocycles. The standard InChI is InChI=1S/C28H40N4O3/c1-18(29-2)27(33)31-25(20-10-4-3-5-11-20)28(34)32-16-15-22-26(32)24(17-30-22)35-23-14-8-12-19-9-6-7-13-21(19)23/h6-9,12-14,18,20,22,24-27,29-31,33H,3-5,10-11,15-17H2,1-2H3/t18-,22+,24-,25-,26-,27?/m0/s1. The van der Waals surface area contributed by atoms with Crippen molar-refractivity contribution >= 4 is 16.7 Å². The van der Waals surface area contributed by atoms with Gasteiger partial charge in [-0.25, -0.2) is 0 Å². The molecule has 1 unspecified atom stereocenters. The van der Waals surface area contributed by atoms with E-state index < -0.39 is 6.23 Å². The minimum atomic E-state index is -0.779. The normalized spacial score (nSPS) is 27.5. The number of benzene rings is 2. The SMILES string of the molecule is CN[C@@H](C)C(O)N[C@H](C(=O)N1CC[C@H]2NC[C@H](Oc3cccc4ccccc34)[C@H]21)C1CCCCC1. The fraction of sp³-hybridized carbons (Fsp3) is 0.607. The van der Waals surface area contributed by atoms with Gasteiger partial charge in [-0.15, -0.1) is 0 Å². The summed E-state index contributed by atoms with van der Waals surface area (Å²) < 4.78 is 6.61. The van der Waals surface area contributed by atoms with E-state index in [9.17, 15) is 9.90 Å². The molecule has 6 atom stereocenters. The molecular formula is C28H40N4O3. The molecule has 0 spiro atoms. The zero-order valence-electron chi connectivity index (χ0n) is 21.0. The van der Waals surface area contributed by atoms with Gasteiger partial charge in [0.1, 0.15) is 18.1 Å². The summed E-state index contributed by atoms with van der Waals surface area (Å²) in [6.45, 7) is 3.38. The summed E-state index contributed by atoms with van der Waals surface area (Å²) in [4.78, 5) is 16.1. The number of rotatable bonds is 8. The minimum absolute atomic E-state index is 0.00627. The van der Waals surface area contributed by atoms with E-state index in [4.69, 9.17) is 4.74 Å². The molecule has 2 saturated heterocycles. The van der Waals surface area contributed by atoms with Crippen molar-refractivity contribution < 1.29 is 14.6 Å². The van der Waals surface area contributed by atoms with E-state index in [1.54, 1.807) is 0 Å². The van der Waals surface area contributed by atoms with Crippen molar-refractivity contribution in [3.63, 3.8) is 0 Å². The molecule has 3 fully saturated rings. The Kier molecular flexibility index (Phi) is 7.58. The highest BCUT2D eigenvalue weighted by Gasteiger charge is 2.49. The summed E-state index contributed by atoms with van der Waals surface area (Å²) in [6.07, 6.45) is 5.62. The average molecular weight is 481 g/mol.